The summed E-state index contributed by atoms with van der Waals surface area (Å²) < 4.78 is 10.0. The van der Waals surface area contributed by atoms with E-state index in [0.29, 0.717) is 17.0 Å². The van der Waals surface area contributed by atoms with E-state index in [0.717, 1.165) is 5.56 Å². The molecule has 7 heteroatoms. The summed E-state index contributed by atoms with van der Waals surface area (Å²) >= 11 is 0. The van der Waals surface area contributed by atoms with Crippen molar-refractivity contribution in [3.8, 4) is 5.75 Å². The maximum absolute atomic E-state index is 11.9. The topological polar surface area (TPSA) is 89.0 Å². The summed E-state index contributed by atoms with van der Waals surface area (Å²) in [5.41, 5.74) is 3.95. The van der Waals surface area contributed by atoms with Gasteiger partial charge in [0.15, 0.2) is 0 Å². The zero-order valence-electron chi connectivity index (χ0n) is 14.0. The van der Waals surface area contributed by atoms with Crippen LogP contribution in [0.15, 0.2) is 53.6 Å². The van der Waals surface area contributed by atoms with Crippen LogP contribution in [0, 0.1) is 0 Å². The molecule has 0 aliphatic carbocycles. The molecule has 0 saturated carbocycles. The number of hydrazone groups is 1. The third-order valence-corrected chi connectivity index (χ3v) is 3.11. The van der Waals surface area contributed by atoms with Gasteiger partial charge in [-0.2, -0.15) is 5.10 Å². The fraction of sp³-hybridized carbons (Fsp3) is 0.167. The molecule has 0 fully saturated rings. The first-order valence-corrected chi connectivity index (χ1v) is 7.63. The van der Waals surface area contributed by atoms with Crippen molar-refractivity contribution < 1.29 is 19.1 Å². The summed E-state index contributed by atoms with van der Waals surface area (Å²) in [5, 5.41) is 6.46. The van der Waals surface area contributed by atoms with Gasteiger partial charge in [0.25, 0.3) is 0 Å². The average Bonchev–Trinajstić information content (AvgIpc) is 2.62. The fourth-order valence-electron chi connectivity index (χ4n) is 1.98. The maximum Gasteiger partial charge on any atom is 0.339 e. The molecular weight excluding hydrogens is 322 g/mol. The minimum Gasteiger partial charge on any atom is -0.497 e. The van der Waals surface area contributed by atoms with Crippen molar-refractivity contribution in [2.75, 3.05) is 19.0 Å². The van der Waals surface area contributed by atoms with Gasteiger partial charge in [-0.15, -0.1) is 0 Å². The number of anilines is 1. The number of methoxy groups -OCH3 is 1. The number of carbonyl (C=O) groups is 2. The molecule has 25 heavy (non-hydrogen) atoms. The standard InChI is InChI=1S/C18H19N3O4/c1-3-25-17(22)14-7-5-8-15(11-14)20-18(23)21-19-12-13-6-4-9-16(10-13)24-2/h4-12H,3H2,1-2H3,(H2,20,21,23)/b19-12+. The molecule has 0 aliphatic rings. The lowest BCUT2D eigenvalue weighted by atomic mass is 10.2. The summed E-state index contributed by atoms with van der Waals surface area (Å²) in [5.74, 6) is 0.256. The summed E-state index contributed by atoms with van der Waals surface area (Å²) in [4.78, 5) is 23.5. The SMILES string of the molecule is CCOC(=O)c1cccc(NC(=O)N/N=C/c2cccc(OC)c2)c1. The van der Waals surface area contributed by atoms with Crippen molar-refractivity contribution in [3.05, 3.63) is 59.7 Å². The summed E-state index contributed by atoms with van der Waals surface area (Å²) in [6.07, 6.45) is 1.50. The lowest BCUT2D eigenvalue weighted by Crippen LogP contribution is -2.24. The first kappa shape index (κ1) is 18.0. The van der Waals surface area contributed by atoms with Crippen molar-refractivity contribution in [3.63, 3.8) is 0 Å². The third-order valence-electron chi connectivity index (χ3n) is 3.11. The van der Waals surface area contributed by atoms with E-state index in [1.54, 1.807) is 38.3 Å². The maximum atomic E-state index is 11.9. The van der Waals surface area contributed by atoms with Crippen LogP contribution in [-0.2, 0) is 4.74 Å². The molecule has 0 radical (unpaired) electrons. The minimum absolute atomic E-state index is 0.288. The Balaban J connectivity index is 1.92. The largest absolute Gasteiger partial charge is 0.497 e. The zero-order chi connectivity index (χ0) is 18.1. The van der Waals surface area contributed by atoms with Gasteiger partial charge in [-0.25, -0.2) is 15.0 Å². The molecule has 2 amide bonds. The van der Waals surface area contributed by atoms with Crippen LogP contribution < -0.4 is 15.5 Å². The van der Waals surface area contributed by atoms with E-state index in [1.807, 2.05) is 18.2 Å². The van der Waals surface area contributed by atoms with Crippen LogP contribution in [0.1, 0.15) is 22.8 Å². The van der Waals surface area contributed by atoms with E-state index in [1.165, 1.54) is 12.3 Å². The van der Waals surface area contributed by atoms with Gasteiger partial charge < -0.3 is 14.8 Å². The summed E-state index contributed by atoms with van der Waals surface area (Å²) in [7, 11) is 1.58. The predicted molar refractivity (Wildman–Crippen MR) is 95.1 cm³/mol. The average molecular weight is 341 g/mol. The number of benzene rings is 2. The Bertz CT molecular complexity index is 774. The number of esters is 1. The highest BCUT2D eigenvalue weighted by Crippen LogP contribution is 2.12. The van der Waals surface area contributed by atoms with Gasteiger partial charge in [0.2, 0.25) is 0 Å². The van der Waals surface area contributed by atoms with E-state index in [2.05, 4.69) is 15.8 Å². The van der Waals surface area contributed by atoms with Crippen LogP contribution in [0.5, 0.6) is 5.75 Å². The van der Waals surface area contributed by atoms with Crippen molar-refractivity contribution in [1.29, 1.82) is 0 Å². The van der Waals surface area contributed by atoms with Gasteiger partial charge in [0.1, 0.15) is 5.75 Å². The monoisotopic (exact) mass is 341 g/mol. The Labute approximate surface area is 145 Å². The molecule has 0 atom stereocenters. The van der Waals surface area contributed by atoms with Crippen LogP contribution >= 0.6 is 0 Å². The number of ether oxygens (including phenoxy) is 2. The van der Waals surface area contributed by atoms with Gasteiger partial charge in [0, 0.05) is 5.69 Å². The highest BCUT2D eigenvalue weighted by atomic mass is 16.5. The van der Waals surface area contributed by atoms with Crippen molar-refractivity contribution in [2.45, 2.75) is 6.92 Å². The number of amides is 2. The van der Waals surface area contributed by atoms with Crippen molar-refractivity contribution in [1.82, 2.24) is 5.43 Å². The van der Waals surface area contributed by atoms with E-state index in [-0.39, 0.29) is 6.61 Å². The van der Waals surface area contributed by atoms with E-state index >= 15 is 0 Å². The first-order chi connectivity index (χ1) is 12.1. The van der Waals surface area contributed by atoms with E-state index < -0.39 is 12.0 Å². The van der Waals surface area contributed by atoms with Gasteiger partial charge in [-0.3, -0.25) is 0 Å². The van der Waals surface area contributed by atoms with Crippen LogP contribution in [0.3, 0.4) is 0 Å². The number of nitrogens with zero attached hydrogens (tertiary/aromatic N) is 1. The summed E-state index contributed by atoms with van der Waals surface area (Å²) in [6, 6.07) is 13.2. The Morgan fingerprint density at radius 1 is 1.16 bits per heavy atom. The molecule has 0 saturated heterocycles. The lowest BCUT2D eigenvalue weighted by molar-refractivity contribution is 0.0526. The molecule has 0 bridgehead atoms. The number of nitrogens with one attached hydrogen (secondary N) is 2. The number of hydrogen-bond acceptors (Lipinski definition) is 5. The highest BCUT2D eigenvalue weighted by molar-refractivity contribution is 5.94. The Kier molecular flexibility index (Phi) is 6.53. The predicted octanol–water partition coefficient (Wildman–Crippen LogP) is 3.03. The van der Waals surface area contributed by atoms with Gasteiger partial charge >= 0.3 is 12.0 Å². The van der Waals surface area contributed by atoms with Gasteiger partial charge in [0.05, 0.1) is 25.5 Å². The lowest BCUT2D eigenvalue weighted by Gasteiger charge is -2.06. The second-order valence-corrected chi connectivity index (χ2v) is 4.90. The molecule has 7 nitrogen and oxygen atoms in total. The molecule has 0 unspecified atom stereocenters. The highest BCUT2D eigenvalue weighted by Gasteiger charge is 2.08. The molecule has 130 valence electrons. The number of hydrogen-bond donors (Lipinski definition) is 2. The van der Waals surface area contributed by atoms with E-state index in [4.69, 9.17) is 9.47 Å². The number of urea groups is 1. The second kappa shape index (κ2) is 9.07. The molecule has 0 aromatic heterocycles. The smallest absolute Gasteiger partial charge is 0.339 e. The Morgan fingerprint density at radius 3 is 2.72 bits per heavy atom. The van der Waals surface area contributed by atoms with Crippen LogP contribution in [0.4, 0.5) is 10.5 Å². The number of rotatable bonds is 6. The van der Waals surface area contributed by atoms with Crippen LogP contribution in [0.2, 0.25) is 0 Å². The normalized spacial score (nSPS) is 10.3. The van der Waals surface area contributed by atoms with Crippen molar-refractivity contribution in [2.24, 2.45) is 5.10 Å². The molecule has 2 N–H and O–H groups in total. The Hall–Kier alpha value is -3.35. The quantitative estimate of drug-likeness (QED) is 0.480. The molecule has 0 aliphatic heterocycles. The van der Waals surface area contributed by atoms with E-state index in [9.17, 15) is 9.59 Å². The zero-order valence-corrected chi connectivity index (χ0v) is 14.0. The molecular formula is C18H19N3O4. The van der Waals surface area contributed by atoms with Gasteiger partial charge in [-0.1, -0.05) is 18.2 Å². The van der Waals surface area contributed by atoms with Gasteiger partial charge in [-0.05, 0) is 42.8 Å². The Morgan fingerprint density at radius 2 is 1.96 bits per heavy atom. The third kappa shape index (κ3) is 5.65. The molecule has 0 spiro atoms. The first-order valence-electron chi connectivity index (χ1n) is 7.63. The summed E-state index contributed by atoms with van der Waals surface area (Å²) in [6.45, 7) is 2.02. The second-order valence-electron chi connectivity index (χ2n) is 4.90. The molecule has 2 rings (SSSR count). The van der Waals surface area contributed by atoms with Crippen LogP contribution in [0.25, 0.3) is 0 Å². The fourth-order valence-corrected chi connectivity index (χ4v) is 1.98. The molecule has 2 aromatic carbocycles. The minimum atomic E-state index is -0.528. The molecule has 2 aromatic rings. The van der Waals surface area contributed by atoms with Crippen LogP contribution in [-0.4, -0.2) is 31.9 Å². The number of carbonyl (C=O) groups excluding carboxylic acids is 2. The van der Waals surface area contributed by atoms with Crippen molar-refractivity contribution >= 4 is 23.9 Å². The molecule has 0 heterocycles.